The molecule has 3 nitrogen and oxygen atoms in total. The summed E-state index contributed by atoms with van der Waals surface area (Å²) in [6.07, 6.45) is 3.96. The Kier molecular flexibility index (Phi) is 5.40. The molecule has 0 amide bonds. The molecule has 0 radical (unpaired) electrons. The molecule has 1 N–H and O–H groups in total. The number of nitrogens with one attached hydrogen (secondary N) is 1. The lowest BCUT2D eigenvalue weighted by Gasteiger charge is -2.14. The summed E-state index contributed by atoms with van der Waals surface area (Å²) in [7, 11) is 0. The Morgan fingerprint density at radius 3 is 2.93 bits per heavy atom. The van der Waals surface area contributed by atoms with Crippen LogP contribution in [0.4, 0.5) is 5.82 Å². The van der Waals surface area contributed by atoms with Gasteiger partial charge in [0.1, 0.15) is 11.6 Å². The van der Waals surface area contributed by atoms with Gasteiger partial charge in [0, 0.05) is 18.6 Å². The Balaban J connectivity index is 2.41. The number of nitrogens with zero attached hydrogens (tertiary/aromatic N) is 2. The van der Waals surface area contributed by atoms with Gasteiger partial charge < -0.3 is 5.32 Å². The lowest BCUT2D eigenvalue weighted by atomic mass is 10.0. The van der Waals surface area contributed by atoms with Crippen LogP contribution in [0.25, 0.3) is 0 Å². The topological polar surface area (TPSA) is 37.8 Å². The fourth-order valence-electron chi connectivity index (χ4n) is 1.41. The summed E-state index contributed by atoms with van der Waals surface area (Å²) in [5.74, 6) is 3.04. The van der Waals surface area contributed by atoms with Gasteiger partial charge in [-0.1, -0.05) is 13.3 Å². The normalized spacial score (nSPS) is 12.5. The molecule has 0 saturated carbocycles. The molecule has 0 aliphatic carbocycles. The van der Waals surface area contributed by atoms with Gasteiger partial charge in [-0.15, -0.1) is 11.6 Å². The van der Waals surface area contributed by atoms with Gasteiger partial charge in [0.2, 0.25) is 0 Å². The van der Waals surface area contributed by atoms with Crippen LogP contribution in [0.2, 0.25) is 0 Å². The predicted molar refractivity (Wildman–Crippen MR) is 64.4 cm³/mol. The van der Waals surface area contributed by atoms with E-state index in [2.05, 4.69) is 22.2 Å². The number of anilines is 1. The largest absolute Gasteiger partial charge is 0.370 e. The van der Waals surface area contributed by atoms with Crippen LogP contribution >= 0.6 is 11.6 Å². The molecule has 0 saturated heterocycles. The maximum Gasteiger partial charge on any atom is 0.129 e. The second kappa shape index (κ2) is 6.62. The lowest BCUT2D eigenvalue weighted by Crippen LogP contribution is -2.15. The van der Waals surface area contributed by atoms with Crippen molar-refractivity contribution in [2.45, 2.75) is 26.7 Å². The maximum absolute atomic E-state index is 5.73. The quantitative estimate of drug-likeness (QED) is 0.760. The van der Waals surface area contributed by atoms with Crippen LogP contribution < -0.4 is 5.32 Å². The molecule has 1 heterocycles. The van der Waals surface area contributed by atoms with Crippen molar-refractivity contribution >= 4 is 17.4 Å². The van der Waals surface area contributed by atoms with Crippen LogP contribution in [-0.2, 0) is 0 Å². The molecule has 1 unspecified atom stereocenters. The number of alkyl halides is 1. The molecular formula is C11H18ClN3. The van der Waals surface area contributed by atoms with Gasteiger partial charge in [-0.25, -0.2) is 9.97 Å². The first kappa shape index (κ1) is 12.2. The first-order chi connectivity index (χ1) is 7.26. The van der Waals surface area contributed by atoms with Crippen molar-refractivity contribution in [2.75, 3.05) is 17.7 Å². The highest BCUT2D eigenvalue weighted by molar-refractivity contribution is 6.17. The fourth-order valence-corrected chi connectivity index (χ4v) is 1.72. The number of halogens is 1. The zero-order chi connectivity index (χ0) is 11.1. The summed E-state index contributed by atoms with van der Waals surface area (Å²) < 4.78 is 0. The van der Waals surface area contributed by atoms with E-state index in [1.807, 2.05) is 13.0 Å². The van der Waals surface area contributed by atoms with Crippen molar-refractivity contribution in [1.82, 2.24) is 9.97 Å². The van der Waals surface area contributed by atoms with Crippen LogP contribution in [0.5, 0.6) is 0 Å². The number of rotatable bonds is 6. The summed E-state index contributed by atoms with van der Waals surface area (Å²) >= 11 is 5.73. The SMILES string of the molecule is CCC(CCCl)CNc1ccnc(C)n1. The third kappa shape index (κ3) is 4.47. The van der Waals surface area contributed by atoms with E-state index in [4.69, 9.17) is 11.6 Å². The van der Waals surface area contributed by atoms with Crippen LogP contribution in [-0.4, -0.2) is 22.4 Å². The molecule has 0 aromatic carbocycles. The van der Waals surface area contributed by atoms with Crippen molar-refractivity contribution in [1.29, 1.82) is 0 Å². The molecule has 1 aromatic rings. The average molecular weight is 228 g/mol. The first-order valence-electron chi connectivity index (χ1n) is 5.35. The van der Waals surface area contributed by atoms with E-state index in [0.29, 0.717) is 5.92 Å². The molecular weight excluding hydrogens is 210 g/mol. The first-order valence-corrected chi connectivity index (χ1v) is 5.89. The minimum absolute atomic E-state index is 0.623. The zero-order valence-corrected chi connectivity index (χ0v) is 10.1. The molecule has 84 valence electrons. The Morgan fingerprint density at radius 2 is 2.33 bits per heavy atom. The van der Waals surface area contributed by atoms with E-state index in [0.717, 1.165) is 36.9 Å². The molecule has 1 aromatic heterocycles. The van der Waals surface area contributed by atoms with Gasteiger partial charge in [-0.3, -0.25) is 0 Å². The number of aryl methyl sites for hydroxylation is 1. The highest BCUT2D eigenvalue weighted by Gasteiger charge is 2.05. The molecule has 0 bridgehead atoms. The number of aromatic nitrogens is 2. The third-order valence-electron chi connectivity index (χ3n) is 2.44. The van der Waals surface area contributed by atoms with Crippen molar-refractivity contribution in [3.8, 4) is 0 Å². The molecule has 0 spiro atoms. The second-order valence-corrected chi connectivity index (χ2v) is 4.00. The Hall–Kier alpha value is -0.830. The van der Waals surface area contributed by atoms with Crippen LogP contribution in [0.3, 0.4) is 0 Å². The Labute approximate surface area is 96.3 Å². The third-order valence-corrected chi connectivity index (χ3v) is 2.66. The minimum atomic E-state index is 0.623. The van der Waals surface area contributed by atoms with Gasteiger partial charge >= 0.3 is 0 Å². The highest BCUT2D eigenvalue weighted by Crippen LogP contribution is 2.10. The molecule has 1 atom stereocenters. The summed E-state index contributed by atoms with van der Waals surface area (Å²) in [5, 5.41) is 3.31. The van der Waals surface area contributed by atoms with Gasteiger partial charge in [0.25, 0.3) is 0 Å². The van der Waals surface area contributed by atoms with Gasteiger partial charge in [0.15, 0.2) is 0 Å². The predicted octanol–water partition coefficient (Wildman–Crippen LogP) is 2.85. The fraction of sp³-hybridized carbons (Fsp3) is 0.636. The molecule has 4 heteroatoms. The highest BCUT2D eigenvalue weighted by atomic mass is 35.5. The molecule has 1 rings (SSSR count). The Bertz CT molecular complexity index is 291. The van der Waals surface area contributed by atoms with Crippen molar-refractivity contribution < 1.29 is 0 Å². The summed E-state index contributed by atoms with van der Waals surface area (Å²) in [6.45, 7) is 5.01. The van der Waals surface area contributed by atoms with Gasteiger partial charge in [-0.2, -0.15) is 0 Å². The minimum Gasteiger partial charge on any atom is -0.370 e. The molecule has 15 heavy (non-hydrogen) atoms. The van der Waals surface area contributed by atoms with Gasteiger partial charge in [-0.05, 0) is 25.3 Å². The average Bonchev–Trinajstić information content (AvgIpc) is 2.24. The van der Waals surface area contributed by atoms with E-state index in [1.54, 1.807) is 6.20 Å². The van der Waals surface area contributed by atoms with Crippen LogP contribution in [0.15, 0.2) is 12.3 Å². The smallest absolute Gasteiger partial charge is 0.129 e. The van der Waals surface area contributed by atoms with Crippen molar-refractivity contribution in [3.63, 3.8) is 0 Å². The maximum atomic E-state index is 5.73. The monoisotopic (exact) mass is 227 g/mol. The summed E-state index contributed by atoms with van der Waals surface area (Å²) in [6, 6.07) is 1.89. The Morgan fingerprint density at radius 1 is 1.53 bits per heavy atom. The number of hydrogen-bond donors (Lipinski definition) is 1. The van der Waals surface area contributed by atoms with E-state index in [9.17, 15) is 0 Å². The summed E-state index contributed by atoms with van der Waals surface area (Å²) in [4.78, 5) is 8.34. The molecule has 0 aliphatic heterocycles. The van der Waals surface area contributed by atoms with E-state index >= 15 is 0 Å². The van der Waals surface area contributed by atoms with Crippen molar-refractivity contribution in [2.24, 2.45) is 5.92 Å². The van der Waals surface area contributed by atoms with E-state index < -0.39 is 0 Å². The summed E-state index contributed by atoms with van der Waals surface area (Å²) in [5.41, 5.74) is 0. The molecule has 0 fully saturated rings. The molecule has 0 aliphatic rings. The standard InChI is InChI=1S/C11H18ClN3/c1-3-10(4-6-12)8-14-11-5-7-13-9(2)15-11/h5,7,10H,3-4,6,8H2,1-2H3,(H,13,14,15). The van der Waals surface area contributed by atoms with E-state index in [-0.39, 0.29) is 0 Å². The van der Waals surface area contributed by atoms with Crippen LogP contribution in [0, 0.1) is 12.8 Å². The lowest BCUT2D eigenvalue weighted by molar-refractivity contribution is 0.521. The zero-order valence-electron chi connectivity index (χ0n) is 9.33. The van der Waals surface area contributed by atoms with E-state index in [1.165, 1.54) is 0 Å². The van der Waals surface area contributed by atoms with Gasteiger partial charge in [0.05, 0.1) is 0 Å². The second-order valence-electron chi connectivity index (χ2n) is 3.62. The van der Waals surface area contributed by atoms with Crippen molar-refractivity contribution in [3.05, 3.63) is 18.1 Å². The van der Waals surface area contributed by atoms with Crippen LogP contribution in [0.1, 0.15) is 25.6 Å². The number of hydrogen-bond acceptors (Lipinski definition) is 3.